The molecule has 2 aliphatic rings. The second-order valence-electron chi connectivity index (χ2n) is 7.81. The van der Waals surface area contributed by atoms with Gasteiger partial charge in [0.05, 0.1) is 22.3 Å². The van der Waals surface area contributed by atoms with Gasteiger partial charge < -0.3 is 14.5 Å². The Bertz CT molecular complexity index is 1500. The minimum Gasteiger partial charge on any atom is -0.453 e. The van der Waals surface area contributed by atoms with Crippen LogP contribution in [0.15, 0.2) is 72.8 Å². The minimum atomic E-state index is 0.801. The third-order valence-electron chi connectivity index (χ3n) is 6.12. The Labute approximate surface area is 173 Å². The number of hydrogen-bond acceptors (Lipinski definition) is 3. The van der Waals surface area contributed by atoms with Crippen LogP contribution in [0, 0.1) is 0 Å². The van der Waals surface area contributed by atoms with E-state index >= 15 is 0 Å². The Hall–Kier alpha value is -3.92. The second-order valence-corrected chi connectivity index (χ2v) is 7.81. The number of aromatic amines is 1. The van der Waals surface area contributed by atoms with Crippen LogP contribution in [-0.2, 0) is 6.42 Å². The lowest BCUT2D eigenvalue weighted by Crippen LogP contribution is -2.20. The van der Waals surface area contributed by atoms with Gasteiger partial charge in [-0.3, -0.25) is 4.90 Å². The fourth-order valence-electron chi connectivity index (χ4n) is 4.71. The predicted molar refractivity (Wildman–Crippen MR) is 120 cm³/mol. The molecule has 0 saturated heterocycles. The van der Waals surface area contributed by atoms with Crippen molar-refractivity contribution in [1.29, 1.82) is 0 Å². The Morgan fingerprint density at radius 3 is 2.53 bits per heavy atom. The molecule has 0 unspecified atom stereocenters. The Kier molecular flexibility index (Phi) is 2.96. The minimum absolute atomic E-state index is 0.801. The summed E-state index contributed by atoms with van der Waals surface area (Å²) in [4.78, 5) is 5.82. The van der Waals surface area contributed by atoms with Gasteiger partial charge in [0.25, 0.3) is 0 Å². The van der Waals surface area contributed by atoms with Gasteiger partial charge in [0.15, 0.2) is 23.0 Å². The van der Waals surface area contributed by atoms with Crippen LogP contribution in [0.4, 0.5) is 17.1 Å². The molecule has 30 heavy (non-hydrogen) atoms. The molecule has 7 rings (SSSR count). The van der Waals surface area contributed by atoms with Gasteiger partial charge in [-0.05, 0) is 42.3 Å². The zero-order chi connectivity index (χ0) is 19.8. The first-order valence-electron chi connectivity index (χ1n) is 10.3. The van der Waals surface area contributed by atoms with Crippen molar-refractivity contribution in [3.05, 3.63) is 78.4 Å². The van der Waals surface area contributed by atoms with Gasteiger partial charge in [0.1, 0.15) is 5.69 Å². The number of H-pyrrole nitrogens is 1. The van der Waals surface area contributed by atoms with E-state index in [9.17, 15) is 0 Å². The third kappa shape index (κ3) is 1.95. The average molecular weight is 390 g/mol. The van der Waals surface area contributed by atoms with E-state index < -0.39 is 0 Å². The predicted octanol–water partition coefficient (Wildman–Crippen LogP) is 7.56. The third-order valence-corrected chi connectivity index (χ3v) is 6.12. The summed E-state index contributed by atoms with van der Waals surface area (Å²) in [5.74, 6) is 3.35. The van der Waals surface area contributed by atoms with Gasteiger partial charge in [-0.2, -0.15) is 0 Å². The molecule has 0 spiro atoms. The zero-order valence-electron chi connectivity index (χ0n) is 16.4. The van der Waals surface area contributed by atoms with Crippen LogP contribution >= 0.6 is 0 Å². The smallest absolute Gasteiger partial charge is 0.165 e. The van der Waals surface area contributed by atoms with Gasteiger partial charge >= 0.3 is 0 Å². The molecule has 4 nitrogen and oxygen atoms in total. The lowest BCUT2D eigenvalue weighted by molar-refractivity contribution is 0.450. The monoisotopic (exact) mass is 390 g/mol. The van der Waals surface area contributed by atoms with Crippen LogP contribution in [0.2, 0.25) is 0 Å². The summed E-state index contributed by atoms with van der Waals surface area (Å²) in [6, 6.07) is 25.1. The molecule has 4 heteroatoms. The lowest BCUT2D eigenvalue weighted by atomic mass is 10.0. The maximum absolute atomic E-state index is 6.58. The molecule has 3 heterocycles. The number of rotatable bonds is 1. The Balaban J connectivity index is 1.63. The van der Waals surface area contributed by atoms with Crippen molar-refractivity contribution in [1.82, 2.24) is 4.98 Å². The molecular weight excluding hydrogens is 372 g/mol. The molecule has 0 aliphatic carbocycles. The Morgan fingerprint density at radius 1 is 0.767 bits per heavy atom. The van der Waals surface area contributed by atoms with Crippen LogP contribution in [0.1, 0.15) is 12.5 Å². The number of benzene rings is 4. The highest BCUT2D eigenvalue weighted by atomic mass is 16.5. The summed E-state index contributed by atoms with van der Waals surface area (Å²) in [6.07, 6.45) is 0.973. The number of fused-ring (bicyclic) bond motifs is 8. The average Bonchev–Trinajstić information content (AvgIpc) is 3.16. The van der Waals surface area contributed by atoms with E-state index in [0.29, 0.717) is 0 Å². The molecule has 4 aromatic carbocycles. The van der Waals surface area contributed by atoms with Crippen molar-refractivity contribution in [2.45, 2.75) is 13.3 Å². The molecule has 1 N–H and O–H groups in total. The zero-order valence-corrected chi connectivity index (χ0v) is 16.4. The molecule has 2 aliphatic heterocycles. The highest BCUT2D eigenvalue weighted by molar-refractivity contribution is 6.15. The van der Waals surface area contributed by atoms with E-state index in [4.69, 9.17) is 9.47 Å². The van der Waals surface area contributed by atoms with Crippen LogP contribution in [0.25, 0.3) is 21.8 Å². The number of nitrogens with one attached hydrogen (secondary N) is 1. The van der Waals surface area contributed by atoms with E-state index in [-0.39, 0.29) is 0 Å². The lowest BCUT2D eigenvalue weighted by Gasteiger charge is -2.38. The SMILES string of the molecule is CCc1ccc2c(c1)N1c3ccccc3Oc3cc4[nH]c5ccccc5c4c(c31)O2. The molecule has 0 radical (unpaired) electrons. The molecule has 0 saturated carbocycles. The van der Waals surface area contributed by atoms with Crippen molar-refractivity contribution >= 4 is 38.9 Å². The van der Waals surface area contributed by atoms with Gasteiger partial charge in [-0.25, -0.2) is 0 Å². The van der Waals surface area contributed by atoms with Crippen LogP contribution in [-0.4, -0.2) is 4.98 Å². The van der Waals surface area contributed by atoms with Crippen molar-refractivity contribution in [3.63, 3.8) is 0 Å². The summed E-state index contributed by atoms with van der Waals surface area (Å²) in [5.41, 5.74) is 6.43. The Morgan fingerprint density at radius 2 is 1.60 bits per heavy atom. The number of anilines is 3. The molecule has 0 atom stereocenters. The second kappa shape index (κ2) is 5.57. The first-order valence-corrected chi connectivity index (χ1v) is 10.3. The van der Waals surface area contributed by atoms with Crippen molar-refractivity contribution in [2.24, 2.45) is 0 Å². The molecule has 0 fully saturated rings. The summed E-state index contributed by atoms with van der Waals surface area (Å²) in [7, 11) is 0. The summed E-state index contributed by atoms with van der Waals surface area (Å²) in [5, 5.41) is 2.24. The first kappa shape index (κ1) is 15.9. The topological polar surface area (TPSA) is 37.5 Å². The fourth-order valence-corrected chi connectivity index (χ4v) is 4.71. The standard InChI is InChI=1S/C26H18N2O2/c1-2-15-11-12-22-20(13-15)28-19-9-5-6-10-21(19)29-23-14-18-24(26(30-22)25(23)28)16-7-3-4-8-17(16)27-18/h3-14,27H,2H2,1H3. The number of ether oxygens (including phenoxy) is 2. The number of para-hydroxylation sites is 3. The molecule has 1 aromatic heterocycles. The van der Waals surface area contributed by atoms with Crippen LogP contribution < -0.4 is 14.4 Å². The highest BCUT2D eigenvalue weighted by Crippen LogP contribution is 2.62. The van der Waals surface area contributed by atoms with Crippen LogP contribution in [0.5, 0.6) is 23.0 Å². The normalized spacial score (nSPS) is 13.4. The summed E-state index contributed by atoms with van der Waals surface area (Å²) >= 11 is 0. The fraction of sp³-hybridized carbons (Fsp3) is 0.0769. The van der Waals surface area contributed by atoms with E-state index in [0.717, 1.165) is 68.3 Å². The van der Waals surface area contributed by atoms with Gasteiger partial charge in [0.2, 0.25) is 0 Å². The van der Waals surface area contributed by atoms with E-state index in [1.165, 1.54) is 5.56 Å². The number of nitrogens with zero attached hydrogens (tertiary/aromatic N) is 1. The summed E-state index contributed by atoms with van der Waals surface area (Å²) < 4.78 is 12.9. The van der Waals surface area contributed by atoms with E-state index in [1.54, 1.807) is 0 Å². The number of hydrogen-bond donors (Lipinski definition) is 1. The quantitative estimate of drug-likeness (QED) is 0.314. The van der Waals surface area contributed by atoms with Crippen molar-refractivity contribution in [2.75, 3.05) is 4.90 Å². The largest absolute Gasteiger partial charge is 0.453 e. The van der Waals surface area contributed by atoms with Crippen molar-refractivity contribution < 1.29 is 9.47 Å². The molecule has 0 amide bonds. The maximum atomic E-state index is 6.58. The summed E-state index contributed by atoms with van der Waals surface area (Å²) in [6.45, 7) is 2.17. The number of aromatic nitrogens is 1. The van der Waals surface area contributed by atoms with Gasteiger partial charge in [0, 0.05) is 17.0 Å². The van der Waals surface area contributed by atoms with E-state index in [2.05, 4.69) is 71.4 Å². The van der Waals surface area contributed by atoms with Gasteiger partial charge in [-0.1, -0.05) is 43.3 Å². The molecule has 144 valence electrons. The first-order chi connectivity index (χ1) is 14.8. The highest BCUT2D eigenvalue weighted by Gasteiger charge is 2.36. The van der Waals surface area contributed by atoms with Gasteiger partial charge in [-0.15, -0.1) is 0 Å². The van der Waals surface area contributed by atoms with Crippen LogP contribution in [0.3, 0.4) is 0 Å². The van der Waals surface area contributed by atoms with E-state index in [1.807, 2.05) is 18.2 Å². The molecule has 5 aromatic rings. The van der Waals surface area contributed by atoms with Crippen molar-refractivity contribution in [3.8, 4) is 23.0 Å². The molecular formula is C26H18N2O2. The number of aryl methyl sites for hydroxylation is 1. The molecule has 0 bridgehead atoms. The maximum Gasteiger partial charge on any atom is 0.165 e.